The Hall–Kier alpha value is -0.940. The molecule has 0 saturated carbocycles. The molecule has 1 aromatic heterocycles. The zero-order valence-electron chi connectivity index (χ0n) is 12.0. The molecule has 0 amide bonds. The quantitative estimate of drug-likeness (QED) is 0.755. The fourth-order valence-electron chi connectivity index (χ4n) is 1.81. The first-order valence-electron chi connectivity index (χ1n) is 6.72. The molecule has 0 saturated heterocycles. The summed E-state index contributed by atoms with van der Waals surface area (Å²) < 4.78 is 0. The van der Waals surface area contributed by atoms with E-state index in [0.29, 0.717) is 19.4 Å². The van der Waals surface area contributed by atoms with Gasteiger partial charge in [0.15, 0.2) is 0 Å². The normalized spacial score (nSPS) is 13.5. The monoisotopic (exact) mass is 284 g/mol. The number of nitrogens with zero attached hydrogens (tertiary/aromatic N) is 1. The number of nitrogens with two attached hydrogens (primary N) is 1. The van der Waals surface area contributed by atoms with Gasteiger partial charge in [-0.25, -0.2) is 4.98 Å². The van der Waals surface area contributed by atoms with Crippen molar-refractivity contribution >= 4 is 17.3 Å². The van der Waals surface area contributed by atoms with Crippen LogP contribution in [-0.2, 0) is 16.6 Å². The molecule has 1 atom stereocenters. The molecule has 108 valence electrons. The highest BCUT2D eigenvalue weighted by Crippen LogP contribution is 2.26. The van der Waals surface area contributed by atoms with Crippen LogP contribution >= 0.6 is 11.3 Å². The third-order valence-corrected chi connectivity index (χ3v) is 3.97. The van der Waals surface area contributed by atoms with Crippen LogP contribution < -0.4 is 5.73 Å². The van der Waals surface area contributed by atoms with Gasteiger partial charge in [-0.2, -0.15) is 0 Å². The van der Waals surface area contributed by atoms with Crippen molar-refractivity contribution in [2.45, 2.75) is 51.9 Å². The molecule has 1 unspecified atom stereocenters. The van der Waals surface area contributed by atoms with Crippen LogP contribution in [0.1, 0.15) is 50.7 Å². The molecule has 0 spiro atoms. The van der Waals surface area contributed by atoms with Crippen LogP contribution in [0.2, 0.25) is 0 Å². The first-order valence-corrected chi connectivity index (χ1v) is 7.60. The lowest BCUT2D eigenvalue weighted by Gasteiger charge is -2.14. The van der Waals surface area contributed by atoms with E-state index >= 15 is 0 Å². The average Bonchev–Trinajstić information content (AvgIpc) is 2.76. The lowest BCUT2D eigenvalue weighted by Crippen LogP contribution is -2.17. The lowest BCUT2D eigenvalue weighted by atomic mass is 9.93. The number of hydrogen-bond donors (Lipinski definition) is 2. The largest absolute Gasteiger partial charge is 0.481 e. The first-order chi connectivity index (χ1) is 8.84. The molecule has 1 aromatic rings. The van der Waals surface area contributed by atoms with Gasteiger partial charge in [0.1, 0.15) is 0 Å². The highest BCUT2D eigenvalue weighted by Gasteiger charge is 2.22. The fraction of sp³-hybridized carbons (Fsp3) is 0.714. The van der Waals surface area contributed by atoms with Gasteiger partial charge in [-0.05, 0) is 19.4 Å². The number of hydrogen-bond acceptors (Lipinski definition) is 4. The standard InChI is InChI=1S/C14H24N2O2S/c1-14(2,3)11-9-19-12(16-11)8-10(13(17)18)6-4-5-7-15/h9-10H,4-8,15H2,1-3H3,(H,17,18). The van der Waals surface area contributed by atoms with E-state index in [1.54, 1.807) is 11.3 Å². The summed E-state index contributed by atoms with van der Waals surface area (Å²) in [4.78, 5) is 15.8. The van der Waals surface area contributed by atoms with E-state index in [9.17, 15) is 9.90 Å². The molecule has 1 rings (SSSR count). The van der Waals surface area contributed by atoms with E-state index in [2.05, 4.69) is 25.8 Å². The summed E-state index contributed by atoms with van der Waals surface area (Å²) in [5, 5.41) is 12.2. The molecule has 1 heterocycles. The minimum absolute atomic E-state index is 0.0209. The predicted molar refractivity (Wildman–Crippen MR) is 78.5 cm³/mol. The van der Waals surface area contributed by atoms with Crippen LogP contribution in [0.25, 0.3) is 0 Å². The number of rotatable bonds is 7. The summed E-state index contributed by atoms with van der Waals surface area (Å²) in [6.45, 7) is 6.96. The summed E-state index contributed by atoms with van der Waals surface area (Å²) in [6.07, 6.45) is 2.96. The molecule has 0 aliphatic carbocycles. The lowest BCUT2D eigenvalue weighted by molar-refractivity contribution is -0.142. The van der Waals surface area contributed by atoms with Crippen molar-refractivity contribution in [1.29, 1.82) is 0 Å². The Kier molecular flexibility index (Phi) is 5.94. The third kappa shape index (κ3) is 5.28. The number of aromatic nitrogens is 1. The summed E-state index contributed by atoms with van der Waals surface area (Å²) in [5.74, 6) is -1.07. The summed E-state index contributed by atoms with van der Waals surface area (Å²) in [7, 11) is 0. The van der Waals surface area contributed by atoms with Gasteiger partial charge in [-0.15, -0.1) is 11.3 Å². The first kappa shape index (κ1) is 16.1. The number of carboxylic acid groups (broad SMARTS) is 1. The van der Waals surface area contributed by atoms with Gasteiger partial charge >= 0.3 is 5.97 Å². The minimum Gasteiger partial charge on any atom is -0.481 e. The molecule has 0 bridgehead atoms. The average molecular weight is 284 g/mol. The molecule has 0 fully saturated rings. The second-order valence-corrected chi connectivity index (χ2v) is 6.84. The number of carbonyl (C=O) groups is 1. The van der Waals surface area contributed by atoms with E-state index in [-0.39, 0.29) is 11.3 Å². The molecule has 5 heteroatoms. The zero-order chi connectivity index (χ0) is 14.5. The highest BCUT2D eigenvalue weighted by atomic mass is 32.1. The van der Waals surface area contributed by atoms with Crippen molar-refractivity contribution in [2.75, 3.05) is 6.54 Å². The third-order valence-electron chi connectivity index (χ3n) is 3.10. The van der Waals surface area contributed by atoms with Gasteiger partial charge in [-0.3, -0.25) is 4.79 Å². The molecule has 0 radical (unpaired) electrons. The van der Waals surface area contributed by atoms with Crippen molar-refractivity contribution in [1.82, 2.24) is 4.98 Å². The van der Waals surface area contributed by atoms with E-state index in [4.69, 9.17) is 5.73 Å². The van der Waals surface area contributed by atoms with Crippen molar-refractivity contribution in [3.05, 3.63) is 16.1 Å². The van der Waals surface area contributed by atoms with Crippen LogP contribution in [-0.4, -0.2) is 22.6 Å². The molecule has 0 aromatic carbocycles. The molecule has 4 nitrogen and oxygen atoms in total. The van der Waals surface area contributed by atoms with Crippen molar-refractivity contribution < 1.29 is 9.90 Å². The zero-order valence-corrected chi connectivity index (χ0v) is 12.8. The smallest absolute Gasteiger partial charge is 0.306 e. The summed E-state index contributed by atoms with van der Waals surface area (Å²) in [5.41, 5.74) is 6.50. The van der Waals surface area contributed by atoms with Gasteiger partial charge < -0.3 is 10.8 Å². The van der Waals surface area contributed by atoms with E-state index in [1.807, 2.05) is 5.38 Å². The summed E-state index contributed by atoms with van der Waals surface area (Å²) in [6, 6.07) is 0. The van der Waals surface area contributed by atoms with Crippen LogP contribution in [0.4, 0.5) is 0 Å². The van der Waals surface area contributed by atoms with Gasteiger partial charge in [0.05, 0.1) is 16.6 Å². The van der Waals surface area contributed by atoms with Crippen LogP contribution in [0.5, 0.6) is 0 Å². The van der Waals surface area contributed by atoms with Gasteiger partial charge in [0, 0.05) is 17.2 Å². The second kappa shape index (κ2) is 7.01. The number of carboxylic acids is 1. The minimum atomic E-state index is -0.732. The Morgan fingerprint density at radius 3 is 2.63 bits per heavy atom. The molecule has 0 aliphatic heterocycles. The number of thiazole rings is 1. The summed E-state index contributed by atoms with van der Waals surface area (Å²) >= 11 is 1.56. The Morgan fingerprint density at radius 1 is 1.47 bits per heavy atom. The van der Waals surface area contributed by atoms with Gasteiger partial charge in [-0.1, -0.05) is 27.2 Å². The highest BCUT2D eigenvalue weighted by molar-refractivity contribution is 7.09. The van der Waals surface area contributed by atoms with Crippen molar-refractivity contribution in [2.24, 2.45) is 11.7 Å². The van der Waals surface area contributed by atoms with Gasteiger partial charge in [0.25, 0.3) is 0 Å². The van der Waals surface area contributed by atoms with Crippen LogP contribution in [0.3, 0.4) is 0 Å². The maximum atomic E-state index is 11.2. The van der Waals surface area contributed by atoms with Crippen molar-refractivity contribution in [3.8, 4) is 0 Å². The topological polar surface area (TPSA) is 76.2 Å². The second-order valence-electron chi connectivity index (χ2n) is 5.90. The Labute approximate surface area is 119 Å². The Balaban J connectivity index is 2.64. The molecular weight excluding hydrogens is 260 g/mol. The predicted octanol–water partition coefficient (Wildman–Crippen LogP) is 2.81. The van der Waals surface area contributed by atoms with E-state index in [0.717, 1.165) is 23.5 Å². The van der Waals surface area contributed by atoms with Crippen molar-refractivity contribution in [3.63, 3.8) is 0 Å². The van der Waals surface area contributed by atoms with E-state index in [1.165, 1.54) is 0 Å². The Morgan fingerprint density at radius 2 is 2.16 bits per heavy atom. The van der Waals surface area contributed by atoms with Gasteiger partial charge in [0.2, 0.25) is 0 Å². The maximum absolute atomic E-state index is 11.2. The SMILES string of the molecule is CC(C)(C)c1csc(CC(CCCCN)C(=O)O)n1. The number of unbranched alkanes of at least 4 members (excludes halogenated alkanes) is 1. The molecule has 19 heavy (non-hydrogen) atoms. The fourth-order valence-corrected chi connectivity index (χ4v) is 2.91. The molecular formula is C14H24N2O2S. The Bertz CT molecular complexity index is 410. The number of aliphatic carboxylic acids is 1. The van der Waals surface area contributed by atoms with Crippen LogP contribution in [0, 0.1) is 5.92 Å². The maximum Gasteiger partial charge on any atom is 0.306 e. The van der Waals surface area contributed by atoms with Crippen LogP contribution in [0.15, 0.2) is 5.38 Å². The molecule has 0 aliphatic rings. The molecule has 3 N–H and O–H groups in total. The van der Waals surface area contributed by atoms with E-state index < -0.39 is 5.97 Å².